The molecule has 0 saturated heterocycles. The van der Waals surface area contributed by atoms with Crippen LogP contribution >= 0.6 is 0 Å². The summed E-state index contributed by atoms with van der Waals surface area (Å²) in [5.41, 5.74) is 4.60. The van der Waals surface area contributed by atoms with Crippen LogP contribution < -0.4 is 10.6 Å². The van der Waals surface area contributed by atoms with E-state index >= 15 is 0 Å². The van der Waals surface area contributed by atoms with Crippen LogP contribution in [-0.2, 0) is 14.3 Å². The lowest BCUT2D eigenvalue weighted by molar-refractivity contribution is -0.137. The highest BCUT2D eigenvalue weighted by Gasteiger charge is 2.29. The number of hydrogen-bond donors (Lipinski definition) is 3. The Morgan fingerprint density at radius 2 is 1.52 bits per heavy atom. The van der Waals surface area contributed by atoms with Gasteiger partial charge in [0.05, 0.1) is 6.42 Å². The van der Waals surface area contributed by atoms with Crippen LogP contribution in [0.25, 0.3) is 11.1 Å². The van der Waals surface area contributed by atoms with E-state index in [2.05, 4.69) is 34.9 Å². The van der Waals surface area contributed by atoms with Crippen molar-refractivity contribution in [2.45, 2.75) is 64.0 Å². The van der Waals surface area contributed by atoms with Gasteiger partial charge in [-0.2, -0.15) is 0 Å². The molecule has 1 aliphatic carbocycles. The molecule has 0 aliphatic heterocycles. The standard InChI is InChI=1S/C26H32N2O5/c1-3-9-18(14-24(29)27-17(4-2)15-25(30)31)28-26(32)33-16-23-21-12-7-5-10-19(21)20-11-6-8-13-22(20)23/h5-8,10-13,17-18,23H,3-4,9,14-16H2,1-2H3,(H,27,29)(H,28,32)(H,30,31)/t17-,18-/m0/s1. The number of carbonyl (C=O) groups excluding carboxylic acids is 2. The van der Waals surface area contributed by atoms with Crippen molar-refractivity contribution in [1.29, 1.82) is 0 Å². The molecular weight excluding hydrogens is 420 g/mol. The molecule has 0 saturated carbocycles. The van der Waals surface area contributed by atoms with Crippen molar-refractivity contribution in [1.82, 2.24) is 10.6 Å². The van der Waals surface area contributed by atoms with Gasteiger partial charge in [0, 0.05) is 24.4 Å². The molecule has 7 nitrogen and oxygen atoms in total. The second-order valence-electron chi connectivity index (χ2n) is 8.43. The first-order chi connectivity index (χ1) is 15.9. The van der Waals surface area contributed by atoms with E-state index in [9.17, 15) is 14.4 Å². The summed E-state index contributed by atoms with van der Waals surface area (Å²) >= 11 is 0. The summed E-state index contributed by atoms with van der Waals surface area (Å²) in [6, 6.07) is 15.5. The van der Waals surface area contributed by atoms with Crippen molar-refractivity contribution in [2.24, 2.45) is 0 Å². The fraction of sp³-hybridized carbons (Fsp3) is 0.423. The van der Waals surface area contributed by atoms with Crippen LogP contribution in [0.2, 0.25) is 0 Å². The smallest absolute Gasteiger partial charge is 0.407 e. The van der Waals surface area contributed by atoms with Gasteiger partial charge < -0.3 is 20.5 Å². The van der Waals surface area contributed by atoms with Crippen molar-refractivity contribution in [3.63, 3.8) is 0 Å². The third kappa shape index (κ3) is 6.34. The van der Waals surface area contributed by atoms with Gasteiger partial charge in [0.15, 0.2) is 0 Å². The summed E-state index contributed by atoms with van der Waals surface area (Å²) in [6.07, 6.45) is 1.33. The van der Waals surface area contributed by atoms with Crippen molar-refractivity contribution < 1.29 is 24.2 Å². The predicted octanol–water partition coefficient (Wildman–Crippen LogP) is 4.45. The second kappa shape index (κ2) is 11.5. The van der Waals surface area contributed by atoms with Crippen LogP contribution in [0.3, 0.4) is 0 Å². The van der Waals surface area contributed by atoms with E-state index in [1.807, 2.05) is 38.1 Å². The molecule has 3 N–H and O–H groups in total. The Balaban J connectivity index is 1.57. The van der Waals surface area contributed by atoms with Gasteiger partial charge in [-0.3, -0.25) is 9.59 Å². The minimum atomic E-state index is -0.955. The third-order valence-electron chi connectivity index (χ3n) is 6.01. The van der Waals surface area contributed by atoms with Crippen LogP contribution in [0.1, 0.15) is 63.0 Å². The molecule has 2 atom stereocenters. The van der Waals surface area contributed by atoms with Crippen LogP contribution in [0.15, 0.2) is 48.5 Å². The van der Waals surface area contributed by atoms with Crippen molar-refractivity contribution in [3.8, 4) is 11.1 Å². The maximum absolute atomic E-state index is 12.6. The predicted molar refractivity (Wildman–Crippen MR) is 126 cm³/mol. The number of carboxylic acids is 1. The highest BCUT2D eigenvalue weighted by atomic mass is 16.5. The molecular formula is C26H32N2O5. The number of aliphatic carboxylic acids is 1. The van der Waals surface area contributed by atoms with Crippen molar-refractivity contribution in [2.75, 3.05) is 6.61 Å². The van der Waals surface area contributed by atoms with Gasteiger partial charge in [0.25, 0.3) is 0 Å². The maximum atomic E-state index is 12.6. The van der Waals surface area contributed by atoms with Crippen molar-refractivity contribution in [3.05, 3.63) is 59.7 Å². The molecule has 2 amide bonds. The average molecular weight is 453 g/mol. The molecule has 1 aliphatic rings. The van der Waals surface area contributed by atoms with Crippen molar-refractivity contribution >= 4 is 18.0 Å². The van der Waals surface area contributed by atoms with E-state index in [1.54, 1.807) is 0 Å². The molecule has 2 aromatic rings. The fourth-order valence-electron chi connectivity index (χ4n) is 4.40. The molecule has 0 unspecified atom stereocenters. The molecule has 0 fully saturated rings. The zero-order valence-electron chi connectivity index (χ0n) is 19.2. The Bertz CT molecular complexity index is 945. The van der Waals surface area contributed by atoms with E-state index < -0.39 is 18.1 Å². The molecule has 0 aromatic heterocycles. The lowest BCUT2D eigenvalue weighted by Crippen LogP contribution is -2.42. The largest absolute Gasteiger partial charge is 0.481 e. The molecule has 176 valence electrons. The van der Waals surface area contributed by atoms with E-state index in [0.29, 0.717) is 12.8 Å². The first-order valence-electron chi connectivity index (χ1n) is 11.6. The van der Waals surface area contributed by atoms with E-state index in [4.69, 9.17) is 9.84 Å². The number of benzene rings is 2. The summed E-state index contributed by atoms with van der Waals surface area (Å²) in [5.74, 6) is -1.26. The molecule has 2 aromatic carbocycles. The number of amides is 2. The lowest BCUT2D eigenvalue weighted by atomic mass is 9.98. The normalized spacial score (nSPS) is 14.0. The maximum Gasteiger partial charge on any atom is 0.407 e. The first kappa shape index (κ1) is 24.3. The van der Waals surface area contributed by atoms with Gasteiger partial charge >= 0.3 is 12.1 Å². The number of rotatable bonds is 11. The minimum absolute atomic E-state index is 0.0302. The molecule has 0 radical (unpaired) electrons. The highest BCUT2D eigenvalue weighted by molar-refractivity contribution is 5.80. The minimum Gasteiger partial charge on any atom is -0.481 e. The molecule has 33 heavy (non-hydrogen) atoms. The quantitative estimate of drug-likeness (QED) is 0.467. The van der Waals surface area contributed by atoms with E-state index in [0.717, 1.165) is 28.7 Å². The summed E-state index contributed by atoms with van der Waals surface area (Å²) in [6.45, 7) is 4.01. The number of carboxylic acid groups (broad SMARTS) is 1. The number of ether oxygens (including phenoxy) is 1. The zero-order chi connectivity index (χ0) is 23.8. The number of alkyl carbamates (subject to hydrolysis) is 1. The third-order valence-corrected chi connectivity index (χ3v) is 6.01. The van der Waals surface area contributed by atoms with E-state index in [-0.39, 0.29) is 37.3 Å². The SMILES string of the molecule is CCC[C@@H](CC(=O)N[C@@H](CC)CC(=O)O)NC(=O)OCC1c2ccccc2-c2ccccc21. The first-order valence-corrected chi connectivity index (χ1v) is 11.6. The Kier molecular flexibility index (Phi) is 8.46. The van der Waals surface area contributed by atoms with Gasteiger partial charge in [0.2, 0.25) is 5.91 Å². The Hall–Kier alpha value is -3.35. The molecule has 3 rings (SSSR count). The Morgan fingerprint density at radius 3 is 2.06 bits per heavy atom. The number of carbonyl (C=O) groups is 3. The van der Waals surface area contributed by atoms with Gasteiger partial charge in [-0.15, -0.1) is 0 Å². The zero-order valence-corrected chi connectivity index (χ0v) is 19.2. The van der Waals surface area contributed by atoms with Crippen LogP contribution in [0.4, 0.5) is 4.79 Å². The molecule has 0 bridgehead atoms. The van der Waals surface area contributed by atoms with Gasteiger partial charge in [-0.1, -0.05) is 68.8 Å². The van der Waals surface area contributed by atoms with Crippen LogP contribution in [0.5, 0.6) is 0 Å². The van der Waals surface area contributed by atoms with Gasteiger partial charge in [0.1, 0.15) is 6.61 Å². The van der Waals surface area contributed by atoms with Gasteiger partial charge in [-0.25, -0.2) is 4.79 Å². The number of nitrogens with one attached hydrogen (secondary N) is 2. The monoisotopic (exact) mass is 452 g/mol. The van der Waals surface area contributed by atoms with E-state index in [1.165, 1.54) is 0 Å². The molecule has 7 heteroatoms. The Labute approximate surface area is 194 Å². The summed E-state index contributed by atoms with van der Waals surface area (Å²) in [5, 5.41) is 14.5. The molecule has 0 spiro atoms. The van der Waals surface area contributed by atoms with Crippen LogP contribution in [0, 0.1) is 0 Å². The molecule has 0 heterocycles. The summed E-state index contributed by atoms with van der Waals surface area (Å²) < 4.78 is 5.59. The summed E-state index contributed by atoms with van der Waals surface area (Å²) in [4.78, 5) is 35.9. The second-order valence-corrected chi connectivity index (χ2v) is 8.43. The highest BCUT2D eigenvalue weighted by Crippen LogP contribution is 2.44. The van der Waals surface area contributed by atoms with Crippen LogP contribution in [-0.4, -0.2) is 41.8 Å². The number of hydrogen-bond acceptors (Lipinski definition) is 4. The van der Waals surface area contributed by atoms with Gasteiger partial charge in [-0.05, 0) is 35.1 Å². The lowest BCUT2D eigenvalue weighted by Gasteiger charge is -2.21. The fourth-order valence-corrected chi connectivity index (χ4v) is 4.40. The number of fused-ring (bicyclic) bond motifs is 3. The average Bonchev–Trinajstić information content (AvgIpc) is 3.11. The summed E-state index contributed by atoms with van der Waals surface area (Å²) in [7, 11) is 0. The topological polar surface area (TPSA) is 105 Å². The Morgan fingerprint density at radius 1 is 0.909 bits per heavy atom.